The van der Waals surface area contributed by atoms with E-state index in [0.717, 1.165) is 35.8 Å². The highest BCUT2D eigenvalue weighted by molar-refractivity contribution is 7.98. The molecule has 0 fully saturated rings. The zero-order valence-electron chi connectivity index (χ0n) is 14.9. The molecule has 1 amide bonds. The highest BCUT2D eigenvalue weighted by Gasteiger charge is 2.07. The Morgan fingerprint density at radius 3 is 2.56 bits per heavy atom. The van der Waals surface area contributed by atoms with Crippen molar-refractivity contribution in [1.29, 1.82) is 0 Å². The summed E-state index contributed by atoms with van der Waals surface area (Å²) in [7, 11) is 2.03. The largest absolute Gasteiger partial charge is 0.494 e. The van der Waals surface area contributed by atoms with Crippen molar-refractivity contribution in [2.24, 2.45) is 0 Å². The average Bonchev–Trinajstić information content (AvgIpc) is 2.65. The van der Waals surface area contributed by atoms with E-state index in [2.05, 4.69) is 10.2 Å². The van der Waals surface area contributed by atoms with Gasteiger partial charge in [-0.25, -0.2) is 0 Å². The van der Waals surface area contributed by atoms with E-state index in [1.54, 1.807) is 11.8 Å². The summed E-state index contributed by atoms with van der Waals surface area (Å²) in [6, 6.07) is 17.7. The normalized spacial score (nSPS) is 10.7. The summed E-state index contributed by atoms with van der Waals surface area (Å²) in [5.41, 5.74) is 0.888. The van der Waals surface area contributed by atoms with Gasteiger partial charge in [-0.2, -0.15) is 0 Å². The van der Waals surface area contributed by atoms with Gasteiger partial charge >= 0.3 is 0 Å². The number of benzene rings is 2. The first kappa shape index (κ1) is 19.3. The van der Waals surface area contributed by atoms with Gasteiger partial charge in [0.15, 0.2) is 0 Å². The van der Waals surface area contributed by atoms with Crippen molar-refractivity contribution in [3.05, 3.63) is 54.6 Å². The molecule has 0 unspecified atom stereocenters. The second-order valence-corrected chi connectivity index (χ2v) is 6.66. The van der Waals surface area contributed by atoms with Gasteiger partial charge in [0.2, 0.25) is 5.91 Å². The summed E-state index contributed by atoms with van der Waals surface area (Å²) in [6.45, 7) is 2.32. The molecule has 2 aromatic rings. The van der Waals surface area contributed by atoms with Crippen LogP contribution in [0.4, 0.5) is 5.69 Å². The lowest BCUT2D eigenvalue weighted by molar-refractivity contribution is -0.116. The van der Waals surface area contributed by atoms with E-state index in [1.807, 2.05) is 67.9 Å². The number of ether oxygens (including phenoxy) is 1. The fraction of sp³-hybridized carbons (Fsp3) is 0.350. The molecule has 0 saturated carbocycles. The number of anilines is 1. The number of rotatable bonds is 10. The van der Waals surface area contributed by atoms with Crippen LogP contribution in [-0.4, -0.2) is 43.8 Å². The number of amides is 1. The summed E-state index contributed by atoms with van der Waals surface area (Å²) in [5, 5.41) is 2.99. The molecule has 0 bridgehead atoms. The van der Waals surface area contributed by atoms with Crippen LogP contribution in [0.15, 0.2) is 59.5 Å². The van der Waals surface area contributed by atoms with Gasteiger partial charge in [-0.15, -0.1) is 11.8 Å². The van der Waals surface area contributed by atoms with Crippen LogP contribution in [-0.2, 0) is 4.79 Å². The van der Waals surface area contributed by atoms with Gasteiger partial charge in [0.25, 0.3) is 0 Å². The Morgan fingerprint density at radius 2 is 1.80 bits per heavy atom. The lowest BCUT2D eigenvalue weighted by atomic mass is 10.3. The molecule has 0 atom stereocenters. The Labute approximate surface area is 154 Å². The number of carbonyl (C=O) groups is 1. The fourth-order valence-corrected chi connectivity index (χ4v) is 2.96. The van der Waals surface area contributed by atoms with Crippen LogP contribution in [0, 0.1) is 0 Å². The van der Waals surface area contributed by atoms with Crippen LogP contribution in [0.25, 0.3) is 0 Å². The first-order valence-electron chi connectivity index (χ1n) is 8.48. The van der Waals surface area contributed by atoms with Crippen molar-refractivity contribution < 1.29 is 9.53 Å². The number of carbonyl (C=O) groups excluding carboxylic acids is 1. The molecule has 4 nitrogen and oxygen atoms in total. The first-order chi connectivity index (χ1) is 12.2. The molecule has 0 saturated heterocycles. The minimum absolute atomic E-state index is 0.0499. The Kier molecular flexibility index (Phi) is 8.35. The molecule has 134 valence electrons. The lowest BCUT2D eigenvalue weighted by Gasteiger charge is -2.17. The van der Waals surface area contributed by atoms with Gasteiger partial charge in [0.1, 0.15) is 5.75 Å². The van der Waals surface area contributed by atoms with E-state index in [0.29, 0.717) is 13.0 Å². The van der Waals surface area contributed by atoms with Crippen LogP contribution >= 0.6 is 11.8 Å². The smallest absolute Gasteiger partial charge is 0.225 e. The van der Waals surface area contributed by atoms with Crippen LogP contribution in [0.3, 0.4) is 0 Å². The van der Waals surface area contributed by atoms with E-state index in [1.165, 1.54) is 0 Å². The SMILES string of the molecule is CSc1ccccc1NC(=O)CCN(C)CCCOc1ccccc1. The molecule has 0 aliphatic heterocycles. The van der Waals surface area contributed by atoms with Crippen molar-refractivity contribution in [2.75, 3.05) is 38.3 Å². The number of nitrogens with zero attached hydrogens (tertiary/aromatic N) is 1. The van der Waals surface area contributed by atoms with Crippen molar-refractivity contribution in [1.82, 2.24) is 4.90 Å². The molecule has 2 aromatic carbocycles. The lowest BCUT2D eigenvalue weighted by Crippen LogP contribution is -2.26. The Hall–Kier alpha value is -1.98. The van der Waals surface area contributed by atoms with E-state index in [-0.39, 0.29) is 5.91 Å². The number of hydrogen-bond donors (Lipinski definition) is 1. The van der Waals surface area contributed by atoms with Gasteiger partial charge in [-0.05, 0) is 44.0 Å². The van der Waals surface area contributed by atoms with Crippen molar-refractivity contribution >= 4 is 23.4 Å². The fourth-order valence-electron chi connectivity index (χ4n) is 2.41. The van der Waals surface area contributed by atoms with Crippen LogP contribution in [0.2, 0.25) is 0 Å². The van der Waals surface area contributed by atoms with Crippen LogP contribution in [0.1, 0.15) is 12.8 Å². The molecule has 0 aliphatic rings. The number of nitrogens with one attached hydrogen (secondary N) is 1. The zero-order valence-corrected chi connectivity index (χ0v) is 15.7. The predicted molar refractivity (Wildman–Crippen MR) is 106 cm³/mol. The zero-order chi connectivity index (χ0) is 17.9. The van der Waals surface area contributed by atoms with E-state index in [9.17, 15) is 4.79 Å². The standard InChI is InChI=1S/C20H26N2O2S/c1-22(14-8-16-24-17-9-4-3-5-10-17)15-13-20(23)21-18-11-6-7-12-19(18)25-2/h3-7,9-12H,8,13-16H2,1-2H3,(H,21,23). The first-order valence-corrected chi connectivity index (χ1v) is 9.71. The van der Waals surface area contributed by atoms with E-state index < -0.39 is 0 Å². The highest BCUT2D eigenvalue weighted by Crippen LogP contribution is 2.24. The van der Waals surface area contributed by atoms with Gasteiger partial charge in [0, 0.05) is 24.4 Å². The maximum atomic E-state index is 12.1. The second-order valence-electron chi connectivity index (χ2n) is 5.82. The Morgan fingerprint density at radius 1 is 1.08 bits per heavy atom. The third-order valence-electron chi connectivity index (χ3n) is 3.80. The van der Waals surface area contributed by atoms with E-state index >= 15 is 0 Å². The van der Waals surface area contributed by atoms with Crippen molar-refractivity contribution in [3.63, 3.8) is 0 Å². The summed E-state index contributed by atoms with van der Waals surface area (Å²) in [4.78, 5) is 15.4. The van der Waals surface area contributed by atoms with Gasteiger partial charge in [-0.1, -0.05) is 30.3 Å². The molecule has 0 radical (unpaired) electrons. The molecule has 2 rings (SSSR count). The van der Waals surface area contributed by atoms with Gasteiger partial charge in [-0.3, -0.25) is 4.79 Å². The van der Waals surface area contributed by atoms with Gasteiger partial charge < -0.3 is 15.0 Å². The number of thioether (sulfide) groups is 1. The number of para-hydroxylation sites is 2. The molecule has 25 heavy (non-hydrogen) atoms. The molecule has 0 aliphatic carbocycles. The summed E-state index contributed by atoms with van der Waals surface area (Å²) < 4.78 is 5.68. The summed E-state index contributed by atoms with van der Waals surface area (Å²) in [6.07, 6.45) is 3.43. The Bertz CT molecular complexity index is 649. The molecule has 0 heterocycles. The molecular weight excluding hydrogens is 332 g/mol. The van der Waals surface area contributed by atoms with Crippen molar-refractivity contribution in [3.8, 4) is 5.75 Å². The molecule has 1 N–H and O–H groups in total. The Balaban J connectivity index is 1.62. The average molecular weight is 359 g/mol. The van der Waals surface area contributed by atoms with Crippen LogP contribution < -0.4 is 10.1 Å². The third kappa shape index (κ3) is 7.20. The maximum Gasteiger partial charge on any atom is 0.225 e. The minimum Gasteiger partial charge on any atom is -0.494 e. The van der Waals surface area contributed by atoms with Crippen LogP contribution in [0.5, 0.6) is 5.75 Å². The third-order valence-corrected chi connectivity index (χ3v) is 4.59. The van der Waals surface area contributed by atoms with Gasteiger partial charge in [0.05, 0.1) is 12.3 Å². The minimum atomic E-state index is 0.0499. The number of hydrogen-bond acceptors (Lipinski definition) is 4. The second kappa shape index (κ2) is 10.8. The topological polar surface area (TPSA) is 41.6 Å². The molecular formula is C20H26N2O2S. The predicted octanol–water partition coefficient (Wildman–Crippen LogP) is 4.14. The quantitative estimate of drug-likeness (QED) is 0.512. The molecule has 0 aromatic heterocycles. The van der Waals surface area contributed by atoms with Crippen molar-refractivity contribution in [2.45, 2.75) is 17.7 Å². The maximum absolute atomic E-state index is 12.1. The molecule has 5 heteroatoms. The highest BCUT2D eigenvalue weighted by atomic mass is 32.2. The summed E-state index contributed by atoms with van der Waals surface area (Å²) in [5.74, 6) is 0.950. The van der Waals surface area contributed by atoms with E-state index in [4.69, 9.17) is 4.74 Å². The molecule has 0 spiro atoms. The monoisotopic (exact) mass is 358 g/mol. The summed E-state index contributed by atoms with van der Waals surface area (Å²) >= 11 is 1.63.